The fourth-order valence-electron chi connectivity index (χ4n) is 1.05. The van der Waals surface area contributed by atoms with Gasteiger partial charge in [0.15, 0.2) is 0 Å². The molecular formula is C7H5BF12O3. The van der Waals surface area contributed by atoms with E-state index in [4.69, 9.17) is 0 Å². The zero-order valence-corrected chi connectivity index (χ0v) is 10.5. The van der Waals surface area contributed by atoms with E-state index in [0.717, 1.165) is 0 Å². The van der Waals surface area contributed by atoms with Crippen molar-refractivity contribution in [2.24, 2.45) is 0 Å². The van der Waals surface area contributed by atoms with Gasteiger partial charge in [-0.3, -0.25) is 0 Å². The number of alkyl halides is 12. The highest BCUT2D eigenvalue weighted by Crippen LogP contribution is 2.39. The van der Waals surface area contributed by atoms with Gasteiger partial charge >= 0.3 is 32.0 Å². The maximum Gasteiger partial charge on any atom is 0.640 e. The quantitative estimate of drug-likeness (QED) is 0.542. The van der Waals surface area contributed by atoms with Crippen molar-refractivity contribution in [2.75, 3.05) is 7.11 Å². The molecule has 0 aromatic carbocycles. The Balaban J connectivity index is 5.36. The van der Waals surface area contributed by atoms with E-state index in [1.807, 2.05) is 0 Å². The van der Waals surface area contributed by atoms with Crippen molar-refractivity contribution in [3.8, 4) is 0 Å². The summed E-state index contributed by atoms with van der Waals surface area (Å²) in [4.78, 5) is 0. The number of hydrogen-bond acceptors (Lipinski definition) is 3. The van der Waals surface area contributed by atoms with Gasteiger partial charge in [0, 0.05) is 7.11 Å². The third-order valence-corrected chi connectivity index (χ3v) is 1.88. The van der Waals surface area contributed by atoms with Gasteiger partial charge in [0.2, 0.25) is 12.2 Å². The highest BCUT2D eigenvalue weighted by molar-refractivity contribution is 6.36. The van der Waals surface area contributed by atoms with Crippen LogP contribution in [-0.4, -0.2) is 51.3 Å². The average Bonchev–Trinajstić information content (AvgIpc) is 2.21. The SMILES string of the molecule is COB(OC(C(F)(F)F)C(F)(F)F)OC(C(F)(F)F)C(F)(F)F. The Labute approximate surface area is 119 Å². The van der Waals surface area contributed by atoms with Crippen LogP contribution in [0.4, 0.5) is 52.7 Å². The second kappa shape index (κ2) is 6.92. The van der Waals surface area contributed by atoms with Gasteiger partial charge in [-0.15, -0.1) is 0 Å². The predicted molar refractivity (Wildman–Crippen MR) is 46.7 cm³/mol. The minimum atomic E-state index is -6.19. The van der Waals surface area contributed by atoms with E-state index in [1.54, 1.807) is 0 Å². The molecule has 0 aliphatic rings. The first-order chi connectivity index (χ1) is 9.90. The van der Waals surface area contributed by atoms with Crippen molar-refractivity contribution < 1.29 is 66.6 Å². The van der Waals surface area contributed by atoms with Gasteiger partial charge in [-0.1, -0.05) is 0 Å². The molecule has 0 N–H and O–H groups in total. The van der Waals surface area contributed by atoms with E-state index in [-0.39, 0.29) is 7.11 Å². The summed E-state index contributed by atoms with van der Waals surface area (Å²) in [6, 6.07) is 0. The Kier molecular flexibility index (Phi) is 6.65. The predicted octanol–water partition coefficient (Wildman–Crippen LogP) is 3.64. The zero-order valence-electron chi connectivity index (χ0n) is 10.5. The molecule has 0 bridgehead atoms. The normalized spacial score (nSPS) is 14.7. The van der Waals surface area contributed by atoms with Crippen LogP contribution in [0.5, 0.6) is 0 Å². The van der Waals surface area contributed by atoms with Gasteiger partial charge in [0.25, 0.3) is 0 Å². The lowest BCUT2D eigenvalue weighted by atomic mass is 10.1. The molecule has 0 saturated heterocycles. The molecule has 0 fully saturated rings. The van der Waals surface area contributed by atoms with Gasteiger partial charge in [0.05, 0.1) is 0 Å². The summed E-state index contributed by atoms with van der Waals surface area (Å²) in [5, 5.41) is 0. The Hall–Kier alpha value is -0.895. The molecule has 0 heterocycles. The van der Waals surface area contributed by atoms with Crippen LogP contribution in [0.25, 0.3) is 0 Å². The summed E-state index contributed by atoms with van der Waals surface area (Å²) < 4.78 is 155. The van der Waals surface area contributed by atoms with Gasteiger partial charge in [-0.2, -0.15) is 52.7 Å². The fraction of sp³-hybridized carbons (Fsp3) is 1.00. The highest BCUT2D eigenvalue weighted by Gasteiger charge is 2.63. The van der Waals surface area contributed by atoms with Crippen LogP contribution in [0.15, 0.2) is 0 Å². The molecule has 23 heavy (non-hydrogen) atoms. The Morgan fingerprint density at radius 3 is 0.913 bits per heavy atom. The van der Waals surface area contributed by atoms with E-state index >= 15 is 0 Å². The molecule has 0 aliphatic carbocycles. The Morgan fingerprint density at radius 2 is 0.783 bits per heavy atom. The molecule has 0 aliphatic heterocycles. The molecule has 16 heteroatoms. The monoisotopic (exact) mass is 376 g/mol. The maximum absolute atomic E-state index is 12.1. The van der Waals surface area contributed by atoms with Crippen molar-refractivity contribution in [2.45, 2.75) is 36.9 Å². The molecule has 0 radical (unpaired) electrons. The van der Waals surface area contributed by atoms with Crippen molar-refractivity contribution in [1.82, 2.24) is 0 Å². The van der Waals surface area contributed by atoms with Gasteiger partial charge in [0.1, 0.15) is 0 Å². The average molecular weight is 376 g/mol. The smallest absolute Gasteiger partial charge is 0.389 e. The third kappa shape index (κ3) is 7.03. The molecule has 0 unspecified atom stereocenters. The minimum Gasteiger partial charge on any atom is -0.389 e. The van der Waals surface area contributed by atoms with Crippen molar-refractivity contribution in [3.63, 3.8) is 0 Å². The molecule has 0 spiro atoms. The Morgan fingerprint density at radius 1 is 0.565 bits per heavy atom. The van der Waals surface area contributed by atoms with Crippen molar-refractivity contribution in [1.29, 1.82) is 0 Å². The standard InChI is InChI=1S/C7H5BF12O3/c1-21-8(22-2(4(9,10)11)5(12,13)14)23-3(6(15,16)17)7(18,19)20/h2-3H,1H3. The summed E-state index contributed by atoms with van der Waals surface area (Å²) in [5.41, 5.74) is 0. The maximum atomic E-state index is 12.1. The summed E-state index contributed by atoms with van der Waals surface area (Å²) in [6.45, 7) is 0. The van der Waals surface area contributed by atoms with Crippen molar-refractivity contribution >= 4 is 7.32 Å². The summed E-state index contributed by atoms with van der Waals surface area (Å²) in [7, 11) is -3.37. The highest BCUT2D eigenvalue weighted by atomic mass is 19.4. The second-order valence-electron chi connectivity index (χ2n) is 3.72. The summed E-state index contributed by atoms with van der Waals surface area (Å²) >= 11 is 0. The number of halogens is 12. The van der Waals surface area contributed by atoms with Gasteiger partial charge < -0.3 is 14.0 Å². The van der Waals surface area contributed by atoms with Crippen LogP contribution < -0.4 is 0 Å². The van der Waals surface area contributed by atoms with Crippen LogP contribution in [-0.2, 0) is 14.0 Å². The molecule has 0 rings (SSSR count). The van der Waals surface area contributed by atoms with E-state index in [2.05, 4.69) is 14.0 Å². The van der Waals surface area contributed by atoms with E-state index < -0.39 is 44.2 Å². The van der Waals surface area contributed by atoms with E-state index in [1.165, 1.54) is 0 Å². The molecule has 0 amide bonds. The van der Waals surface area contributed by atoms with Crippen LogP contribution in [0.1, 0.15) is 0 Å². The molecule has 3 nitrogen and oxygen atoms in total. The lowest BCUT2D eigenvalue weighted by Gasteiger charge is -2.28. The molecule has 0 aromatic rings. The first-order valence-corrected chi connectivity index (χ1v) is 5.01. The minimum absolute atomic E-state index is 0.179. The van der Waals surface area contributed by atoms with Crippen LogP contribution in [0, 0.1) is 0 Å². The van der Waals surface area contributed by atoms with Gasteiger partial charge in [-0.25, -0.2) is 0 Å². The third-order valence-electron chi connectivity index (χ3n) is 1.88. The second-order valence-corrected chi connectivity index (χ2v) is 3.72. The first kappa shape index (κ1) is 22.1. The summed E-state index contributed by atoms with van der Waals surface area (Å²) in [5.74, 6) is 0. The molecule has 0 atom stereocenters. The number of rotatable bonds is 5. The molecule has 138 valence electrons. The van der Waals surface area contributed by atoms with Crippen LogP contribution in [0.2, 0.25) is 0 Å². The first-order valence-electron chi connectivity index (χ1n) is 5.01. The molecular weight excluding hydrogens is 371 g/mol. The van der Waals surface area contributed by atoms with Crippen molar-refractivity contribution in [3.05, 3.63) is 0 Å². The Bertz CT molecular complexity index is 309. The summed E-state index contributed by atoms with van der Waals surface area (Å²) in [6.07, 6.45) is -34.2. The molecule has 0 saturated carbocycles. The number of hydrogen-bond donors (Lipinski definition) is 0. The van der Waals surface area contributed by atoms with E-state index in [0.29, 0.717) is 0 Å². The van der Waals surface area contributed by atoms with Crippen LogP contribution >= 0.6 is 0 Å². The fourth-order valence-corrected chi connectivity index (χ4v) is 1.05. The largest absolute Gasteiger partial charge is 0.640 e. The zero-order chi connectivity index (χ0) is 18.9. The molecule has 0 aromatic heterocycles. The van der Waals surface area contributed by atoms with Gasteiger partial charge in [-0.05, 0) is 0 Å². The lowest BCUT2D eigenvalue weighted by Crippen LogP contribution is -2.53. The van der Waals surface area contributed by atoms with Crippen LogP contribution in [0.3, 0.4) is 0 Å². The van der Waals surface area contributed by atoms with E-state index in [9.17, 15) is 52.7 Å². The lowest BCUT2D eigenvalue weighted by molar-refractivity contribution is -0.322. The topological polar surface area (TPSA) is 27.7 Å².